The molecule has 0 bridgehead atoms. The van der Waals surface area contributed by atoms with Crippen molar-refractivity contribution in [3.05, 3.63) is 96.9 Å². The SMILES string of the molecule is COc1cc(/C=C2\SC(=O)N(CCOc3ccccc3Cl)C2=O)cc(Cl)c1OCc1cccc([N+](=O)[O-])c1. The van der Waals surface area contributed by atoms with Gasteiger partial charge in [0.25, 0.3) is 16.8 Å². The number of rotatable bonds is 10. The minimum Gasteiger partial charge on any atom is -0.493 e. The molecule has 3 aromatic carbocycles. The van der Waals surface area contributed by atoms with Gasteiger partial charge in [-0.3, -0.25) is 24.6 Å². The van der Waals surface area contributed by atoms with Gasteiger partial charge >= 0.3 is 0 Å². The summed E-state index contributed by atoms with van der Waals surface area (Å²) in [7, 11) is 1.43. The van der Waals surface area contributed by atoms with Crippen LogP contribution in [0.2, 0.25) is 10.0 Å². The molecule has 2 amide bonds. The Kier molecular flexibility index (Phi) is 8.77. The van der Waals surface area contributed by atoms with Gasteiger partial charge < -0.3 is 14.2 Å². The third-order valence-corrected chi connectivity index (χ3v) is 6.84. The van der Waals surface area contributed by atoms with Gasteiger partial charge in [-0.25, -0.2) is 0 Å². The van der Waals surface area contributed by atoms with E-state index in [-0.39, 0.29) is 41.1 Å². The summed E-state index contributed by atoms with van der Waals surface area (Å²) in [6.45, 7) is 0.166. The zero-order chi connectivity index (χ0) is 27.2. The van der Waals surface area contributed by atoms with Crippen molar-refractivity contribution in [2.24, 2.45) is 0 Å². The molecule has 1 heterocycles. The van der Waals surface area contributed by atoms with Crippen LogP contribution in [0, 0.1) is 10.1 Å². The maximum atomic E-state index is 12.9. The number of halogens is 2. The number of hydrogen-bond donors (Lipinski definition) is 0. The van der Waals surface area contributed by atoms with Crippen LogP contribution in [0.4, 0.5) is 10.5 Å². The van der Waals surface area contributed by atoms with Crippen molar-refractivity contribution in [2.75, 3.05) is 20.3 Å². The molecule has 196 valence electrons. The quantitative estimate of drug-likeness (QED) is 0.151. The molecule has 4 rings (SSSR count). The highest BCUT2D eigenvalue weighted by molar-refractivity contribution is 8.18. The maximum absolute atomic E-state index is 12.9. The van der Waals surface area contributed by atoms with Crippen molar-refractivity contribution >= 4 is 57.9 Å². The zero-order valence-electron chi connectivity index (χ0n) is 19.9. The molecule has 38 heavy (non-hydrogen) atoms. The molecule has 0 aliphatic carbocycles. The van der Waals surface area contributed by atoms with E-state index in [2.05, 4.69) is 0 Å². The average molecular weight is 575 g/mol. The second-order valence-electron chi connectivity index (χ2n) is 7.86. The van der Waals surface area contributed by atoms with Crippen LogP contribution in [-0.2, 0) is 11.4 Å². The van der Waals surface area contributed by atoms with Crippen LogP contribution in [-0.4, -0.2) is 41.2 Å². The number of ether oxygens (including phenoxy) is 3. The summed E-state index contributed by atoms with van der Waals surface area (Å²) in [5.41, 5.74) is 1.05. The van der Waals surface area contributed by atoms with E-state index >= 15 is 0 Å². The molecule has 0 spiro atoms. The molecule has 0 N–H and O–H groups in total. The molecular formula is C26H20Cl2N2O7S. The first-order valence-electron chi connectivity index (χ1n) is 11.1. The Morgan fingerprint density at radius 2 is 1.79 bits per heavy atom. The van der Waals surface area contributed by atoms with E-state index in [9.17, 15) is 19.7 Å². The minimum atomic E-state index is -0.487. The van der Waals surface area contributed by atoms with Gasteiger partial charge in [0.2, 0.25) is 0 Å². The number of methoxy groups -OCH3 is 1. The van der Waals surface area contributed by atoms with Gasteiger partial charge in [0.05, 0.1) is 33.5 Å². The Balaban J connectivity index is 1.45. The van der Waals surface area contributed by atoms with Gasteiger partial charge in [-0.1, -0.05) is 47.5 Å². The molecule has 12 heteroatoms. The highest BCUT2D eigenvalue weighted by Gasteiger charge is 2.35. The number of para-hydroxylation sites is 1. The number of nitro groups is 1. The Labute approximate surface area is 232 Å². The van der Waals surface area contributed by atoms with Gasteiger partial charge in [-0.15, -0.1) is 0 Å². The van der Waals surface area contributed by atoms with Crippen LogP contribution in [0.3, 0.4) is 0 Å². The third kappa shape index (κ3) is 6.39. The molecule has 1 saturated heterocycles. The molecule has 1 aliphatic heterocycles. The van der Waals surface area contributed by atoms with E-state index in [0.29, 0.717) is 27.6 Å². The second-order valence-corrected chi connectivity index (χ2v) is 9.67. The molecule has 1 fully saturated rings. The van der Waals surface area contributed by atoms with Crippen molar-refractivity contribution in [3.63, 3.8) is 0 Å². The van der Waals surface area contributed by atoms with Gasteiger partial charge in [0.1, 0.15) is 19.0 Å². The summed E-state index contributed by atoms with van der Waals surface area (Å²) in [4.78, 5) is 37.2. The fourth-order valence-corrected chi connectivity index (χ4v) is 4.86. The summed E-state index contributed by atoms with van der Waals surface area (Å²) in [5, 5.41) is 11.2. The fourth-order valence-electron chi connectivity index (χ4n) is 3.53. The van der Waals surface area contributed by atoms with E-state index in [4.69, 9.17) is 37.4 Å². The highest BCUT2D eigenvalue weighted by Crippen LogP contribution is 2.39. The van der Waals surface area contributed by atoms with Crippen molar-refractivity contribution < 1.29 is 28.7 Å². The monoisotopic (exact) mass is 574 g/mol. The molecule has 9 nitrogen and oxygen atoms in total. The molecule has 1 aliphatic rings. The van der Waals surface area contributed by atoms with Crippen LogP contribution in [0.25, 0.3) is 6.08 Å². The predicted molar refractivity (Wildman–Crippen MR) is 145 cm³/mol. The summed E-state index contributed by atoms with van der Waals surface area (Å²) >= 11 is 13.3. The largest absolute Gasteiger partial charge is 0.493 e. The Morgan fingerprint density at radius 1 is 1.00 bits per heavy atom. The standard InChI is InChI=1S/C26H20Cl2N2O7S/c1-35-22-13-17(12-20(28)24(22)37-15-16-5-4-6-18(11-16)30(33)34)14-23-25(31)29(26(32)38-23)9-10-36-21-8-3-2-7-19(21)27/h2-8,11-14H,9-10,15H2,1H3/b23-14-. The summed E-state index contributed by atoms with van der Waals surface area (Å²) in [6, 6.07) is 16.2. The highest BCUT2D eigenvalue weighted by atomic mass is 35.5. The first-order chi connectivity index (χ1) is 18.3. The topological polar surface area (TPSA) is 108 Å². The summed E-state index contributed by atoms with van der Waals surface area (Å²) in [5.74, 6) is 0.541. The molecule has 0 saturated carbocycles. The zero-order valence-corrected chi connectivity index (χ0v) is 22.2. The Bertz CT molecular complexity index is 1430. The summed E-state index contributed by atoms with van der Waals surface area (Å²) in [6.07, 6.45) is 1.54. The lowest BCUT2D eigenvalue weighted by Gasteiger charge is -2.14. The molecule has 3 aromatic rings. The van der Waals surface area contributed by atoms with Crippen LogP contribution in [0.5, 0.6) is 17.2 Å². The van der Waals surface area contributed by atoms with Crippen molar-refractivity contribution in [2.45, 2.75) is 6.61 Å². The first-order valence-corrected chi connectivity index (χ1v) is 12.7. The number of imide groups is 1. The smallest absolute Gasteiger partial charge is 0.293 e. The molecule has 0 atom stereocenters. The van der Waals surface area contributed by atoms with Gasteiger partial charge in [-0.2, -0.15) is 0 Å². The maximum Gasteiger partial charge on any atom is 0.293 e. The van der Waals surface area contributed by atoms with E-state index in [1.807, 2.05) is 0 Å². The van der Waals surface area contributed by atoms with Crippen molar-refractivity contribution in [1.82, 2.24) is 4.90 Å². The molecule has 0 radical (unpaired) electrons. The van der Waals surface area contributed by atoms with Crippen LogP contribution in [0.15, 0.2) is 65.6 Å². The van der Waals surface area contributed by atoms with Gasteiger partial charge in [0.15, 0.2) is 11.5 Å². The lowest BCUT2D eigenvalue weighted by molar-refractivity contribution is -0.384. The van der Waals surface area contributed by atoms with Gasteiger partial charge in [-0.05, 0) is 53.2 Å². The van der Waals surface area contributed by atoms with Crippen LogP contribution >= 0.6 is 35.0 Å². The number of non-ortho nitro benzene ring substituents is 1. The number of benzene rings is 3. The van der Waals surface area contributed by atoms with E-state index < -0.39 is 16.1 Å². The van der Waals surface area contributed by atoms with Crippen LogP contribution in [0.1, 0.15) is 11.1 Å². The van der Waals surface area contributed by atoms with Crippen LogP contribution < -0.4 is 14.2 Å². The number of carbonyl (C=O) groups is 2. The van der Waals surface area contributed by atoms with Gasteiger partial charge in [0, 0.05) is 12.1 Å². The van der Waals surface area contributed by atoms with Crippen molar-refractivity contribution in [1.29, 1.82) is 0 Å². The van der Waals surface area contributed by atoms with Crippen molar-refractivity contribution in [3.8, 4) is 17.2 Å². The molecule has 0 aromatic heterocycles. The first kappa shape index (κ1) is 27.3. The average Bonchev–Trinajstić information content (AvgIpc) is 3.16. The number of amides is 2. The molecule has 0 unspecified atom stereocenters. The number of nitrogens with zero attached hydrogens (tertiary/aromatic N) is 2. The minimum absolute atomic E-state index is 0.0201. The fraction of sp³-hybridized carbons (Fsp3) is 0.154. The normalized spacial score (nSPS) is 14.2. The van der Waals surface area contributed by atoms with E-state index in [1.54, 1.807) is 54.6 Å². The van der Waals surface area contributed by atoms with E-state index in [0.717, 1.165) is 16.7 Å². The number of hydrogen-bond acceptors (Lipinski definition) is 8. The number of thioether (sulfide) groups is 1. The molecular weight excluding hydrogens is 555 g/mol. The second kappa shape index (κ2) is 12.2. The summed E-state index contributed by atoms with van der Waals surface area (Å²) < 4.78 is 16.8. The van der Waals surface area contributed by atoms with E-state index in [1.165, 1.54) is 19.2 Å². The lowest BCUT2D eigenvalue weighted by Crippen LogP contribution is -2.32. The Morgan fingerprint density at radius 3 is 2.53 bits per heavy atom. The number of carbonyl (C=O) groups excluding carboxylic acids is 2. The predicted octanol–water partition coefficient (Wildman–Crippen LogP) is 6.60. The number of nitro benzene ring substituents is 1. The Hall–Kier alpha value is -3.73. The third-order valence-electron chi connectivity index (χ3n) is 5.34. The lowest BCUT2D eigenvalue weighted by atomic mass is 10.1.